The molecule has 90 valence electrons. The van der Waals surface area contributed by atoms with Crippen LogP contribution in [0.3, 0.4) is 0 Å². The summed E-state index contributed by atoms with van der Waals surface area (Å²) in [7, 11) is -7.10. The maximum absolute atomic E-state index is 11.1. The topological polar surface area (TPSA) is 77.5 Å². The van der Waals surface area contributed by atoms with Crippen LogP contribution >= 0.6 is 11.6 Å². The molecule has 0 fully saturated rings. The highest BCUT2D eigenvalue weighted by atomic mass is 35.5. The van der Waals surface area contributed by atoms with Crippen molar-refractivity contribution < 1.29 is 21.0 Å². The molecule has 0 atom stereocenters. The van der Waals surface area contributed by atoms with Crippen LogP contribution in [0.1, 0.15) is 0 Å². The Kier molecular flexibility index (Phi) is 3.82. The van der Waals surface area contributed by atoms with Gasteiger partial charge in [0.25, 0.3) is 0 Å². The predicted octanol–water partition coefficient (Wildman–Crippen LogP) is 0.995. The number of hydrogen-bond acceptors (Lipinski definition) is 5. The van der Waals surface area contributed by atoms with Gasteiger partial charge < -0.3 is 4.18 Å². The summed E-state index contributed by atoms with van der Waals surface area (Å²) >= 11 is 5.14. The molecule has 0 heterocycles. The first-order valence-corrected chi connectivity index (χ1v) is 8.03. The van der Waals surface area contributed by atoms with E-state index in [0.29, 0.717) is 0 Å². The van der Waals surface area contributed by atoms with Crippen molar-refractivity contribution in [2.75, 3.05) is 11.5 Å². The molecule has 0 saturated carbocycles. The van der Waals surface area contributed by atoms with Gasteiger partial charge in [-0.25, -0.2) is 8.42 Å². The minimum atomic E-state index is -3.80. The Morgan fingerprint density at radius 1 is 1.12 bits per heavy atom. The molecule has 16 heavy (non-hydrogen) atoms. The zero-order valence-electron chi connectivity index (χ0n) is 8.25. The van der Waals surface area contributed by atoms with Crippen LogP contribution in [0.2, 0.25) is 0 Å². The second-order valence-electron chi connectivity index (χ2n) is 2.99. The lowest BCUT2D eigenvalue weighted by Gasteiger charge is -2.04. The SMILES string of the molecule is CS(=O)(=O)c1ccc(OS(=O)(=O)CCl)cc1. The quantitative estimate of drug-likeness (QED) is 0.609. The van der Waals surface area contributed by atoms with Crippen LogP contribution < -0.4 is 4.18 Å². The predicted molar refractivity (Wildman–Crippen MR) is 59.8 cm³/mol. The largest absolute Gasteiger partial charge is 0.382 e. The third-order valence-electron chi connectivity index (χ3n) is 1.61. The summed E-state index contributed by atoms with van der Waals surface area (Å²) < 4.78 is 48.7. The lowest BCUT2D eigenvalue weighted by Crippen LogP contribution is -2.10. The van der Waals surface area contributed by atoms with Gasteiger partial charge >= 0.3 is 10.1 Å². The fourth-order valence-corrected chi connectivity index (χ4v) is 2.12. The summed E-state index contributed by atoms with van der Waals surface area (Å²) in [5.74, 6) is 0.0213. The number of benzene rings is 1. The highest BCUT2D eigenvalue weighted by molar-refractivity contribution is 7.90. The second-order valence-corrected chi connectivity index (χ2v) is 7.16. The molecule has 0 aliphatic carbocycles. The monoisotopic (exact) mass is 284 g/mol. The van der Waals surface area contributed by atoms with E-state index >= 15 is 0 Å². The van der Waals surface area contributed by atoms with Gasteiger partial charge in [0.15, 0.2) is 15.0 Å². The molecule has 0 spiro atoms. The van der Waals surface area contributed by atoms with E-state index in [1.54, 1.807) is 0 Å². The lowest BCUT2D eigenvalue weighted by atomic mass is 10.3. The van der Waals surface area contributed by atoms with Crippen molar-refractivity contribution in [2.45, 2.75) is 4.90 Å². The van der Waals surface area contributed by atoms with Crippen LogP contribution in [-0.4, -0.2) is 28.3 Å². The van der Waals surface area contributed by atoms with E-state index in [0.717, 1.165) is 6.26 Å². The smallest absolute Gasteiger partial charge is 0.323 e. The van der Waals surface area contributed by atoms with Gasteiger partial charge in [0.05, 0.1) is 4.90 Å². The molecule has 0 aliphatic rings. The van der Waals surface area contributed by atoms with Gasteiger partial charge in [0.2, 0.25) is 0 Å². The van der Waals surface area contributed by atoms with E-state index in [-0.39, 0.29) is 10.6 Å². The van der Waals surface area contributed by atoms with Crippen LogP contribution in [0.5, 0.6) is 5.75 Å². The van der Waals surface area contributed by atoms with Crippen LogP contribution in [0.15, 0.2) is 29.2 Å². The first kappa shape index (κ1) is 13.3. The maximum Gasteiger partial charge on any atom is 0.323 e. The van der Waals surface area contributed by atoms with E-state index in [9.17, 15) is 16.8 Å². The van der Waals surface area contributed by atoms with Crippen molar-refractivity contribution in [1.82, 2.24) is 0 Å². The molecular formula is C8H9ClO5S2. The van der Waals surface area contributed by atoms with Crippen LogP contribution in [0.25, 0.3) is 0 Å². The summed E-state index contributed by atoms with van der Waals surface area (Å²) in [4.78, 5) is 0.0862. The highest BCUT2D eigenvalue weighted by Gasteiger charge is 2.12. The standard InChI is InChI=1S/C8H9ClO5S2/c1-15(10,11)8-4-2-7(3-5-8)14-16(12,13)6-9/h2-5H,6H2,1H3. The molecule has 0 saturated heterocycles. The van der Waals surface area contributed by atoms with Crippen molar-refractivity contribution in [2.24, 2.45) is 0 Å². The molecule has 0 bridgehead atoms. The molecule has 0 amide bonds. The van der Waals surface area contributed by atoms with Gasteiger partial charge in [-0.05, 0) is 24.3 Å². The Morgan fingerprint density at radius 2 is 1.62 bits per heavy atom. The van der Waals surface area contributed by atoms with E-state index in [4.69, 9.17) is 11.6 Å². The van der Waals surface area contributed by atoms with Gasteiger partial charge in [-0.1, -0.05) is 0 Å². The molecule has 1 aromatic carbocycles. The van der Waals surface area contributed by atoms with Crippen LogP contribution in [-0.2, 0) is 20.0 Å². The molecule has 0 unspecified atom stereocenters. The third kappa shape index (κ3) is 3.66. The van der Waals surface area contributed by atoms with E-state index in [2.05, 4.69) is 4.18 Å². The first-order valence-electron chi connectivity index (χ1n) is 4.03. The van der Waals surface area contributed by atoms with E-state index in [1.165, 1.54) is 24.3 Å². The zero-order valence-corrected chi connectivity index (χ0v) is 10.6. The van der Waals surface area contributed by atoms with Gasteiger partial charge in [-0.2, -0.15) is 8.42 Å². The Bertz CT molecular complexity index is 559. The summed E-state index contributed by atoms with van der Waals surface area (Å²) in [6.45, 7) is 0. The van der Waals surface area contributed by atoms with Crippen LogP contribution in [0, 0.1) is 0 Å². The van der Waals surface area contributed by atoms with Crippen molar-refractivity contribution in [3.8, 4) is 5.75 Å². The molecule has 1 rings (SSSR count). The second kappa shape index (κ2) is 4.60. The minimum absolute atomic E-state index is 0.0213. The average Bonchev–Trinajstić information content (AvgIpc) is 2.16. The van der Waals surface area contributed by atoms with Crippen molar-refractivity contribution in [3.63, 3.8) is 0 Å². The first-order chi connectivity index (χ1) is 7.24. The molecule has 0 N–H and O–H groups in total. The number of halogens is 1. The molecule has 1 aromatic rings. The number of hydrogen-bond donors (Lipinski definition) is 0. The molecule has 0 aliphatic heterocycles. The summed E-state index contributed by atoms with van der Waals surface area (Å²) in [6, 6.07) is 5.02. The Morgan fingerprint density at radius 3 is 2.00 bits per heavy atom. The third-order valence-corrected chi connectivity index (χ3v) is 4.25. The van der Waals surface area contributed by atoms with Crippen LogP contribution in [0.4, 0.5) is 0 Å². The van der Waals surface area contributed by atoms with Crippen molar-refractivity contribution >= 4 is 31.6 Å². The summed E-state index contributed by atoms with van der Waals surface area (Å²) in [5.41, 5.74) is 0. The number of rotatable bonds is 4. The highest BCUT2D eigenvalue weighted by Crippen LogP contribution is 2.17. The minimum Gasteiger partial charge on any atom is -0.382 e. The van der Waals surface area contributed by atoms with Crippen molar-refractivity contribution in [1.29, 1.82) is 0 Å². The van der Waals surface area contributed by atoms with Gasteiger partial charge in [0, 0.05) is 6.26 Å². The lowest BCUT2D eigenvalue weighted by molar-refractivity contribution is 0.491. The average molecular weight is 285 g/mol. The molecule has 8 heteroatoms. The molecule has 5 nitrogen and oxygen atoms in total. The zero-order chi connectivity index (χ0) is 12.4. The fourth-order valence-electron chi connectivity index (χ4n) is 0.911. The Labute approximate surface area is 99.0 Å². The van der Waals surface area contributed by atoms with Crippen molar-refractivity contribution in [3.05, 3.63) is 24.3 Å². The van der Waals surface area contributed by atoms with E-state index < -0.39 is 25.2 Å². The Hall–Kier alpha value is -0.790. The van der Waals surface area contributed by atoms with E-state index in [1.807, 2.05) is 0 Å². The Balaban J connectivity index is 2.97. The number of sulfone groups is 1. The summed E-state index contributed by atoms with van der Waals surface area (Å²) in [6.07, 6.45) is 1.05. The summed E-state index contributed by atoms with van der Waals surface area (Å²) in [5, 5.41) is -0.666. The number of alkyl halides is 1. The molecular weight excluding hydrogens is 276 g/mol. The normalized spacial score (nSPS) is 12.4. The molecule has 0 aromatic heterocycles. The fraction of sp³-hybridized carbons (Fsp3) is 0.250. The van der Waals surface area contributed by atoms with Gasteiger partial charge in [-0.15, -0.1) is 11.6 Å². The maximum atomic E-state index is 11.1. The van der Waals surface area contributed by atoms with Gasteiger partial charge in [0.1, 0.15) is 5.75 Å². The van der Waals surface area contributed by atoms with Gasteiger partial charge in [-0.3, -0.25) is 0 Å². The molecule has 0 radical (unpaired) electrons.